The Bertz CT molecular complexity index is 746. The first kappa shape index (κ1) is 18.7. The lowest BCUT2D eigenvalue weighted by molar-refractivity contribution is 0.112. The molecule has 0 spiro atoms. The lowest BCUT2D eigenvalue weighted by Gasteiger charge is -2.25. The van der Waals surface area contributed by atoms with E-state index < -0.39 is 0 Å². The summed E-state index contributed by atoms with van der Waals surface area (Å²) in [6.07, 6.45) is 0. The summed E-state index contributed by atoms with van der Waals surface area (Å²) in [5.74, 6) is 7.20. The van der Waals surface area contributed by atoms with Crippen LogP contribution in [0.4, 0.5) is 0 Å². The van der Waals surface area contributed by atoms with Crippen LogP contribution in [0, 0.1) is 17.8 Å². The van der Waals surface area contributed by atoms with Gasteiger partial charge < -0.3 is 9.64 Å². The quantitative estimate of drug-likeness (QED) is 0.790. The molecule has 0 saturated carbocycles. The van der Waals surface area contributed by atoms with Gasteiger partial charge in [-0.3, -0.25) is 4.90 Å². The third-order valence-corrected chi connectivity index (χ3v) is 4.57. The Labute approximate surface area is 157 Å². The first-order valence-corrected chi connectivity index (χ1v) is 9.30. The van der Waals surface area contributed by atoms with Crippen LogP contribution in [0.5, 0.6) is 0 Å². The van der Waals surface area contributed by atoms with Crippen LogP contribution >= 0.6 is 0 Å². The fourth-order valence-electron chi connectivity index (χ4n) is 3.41. The molecule has 0 bridgehead atoms. The Morgan fingerprint density at radius 1 is 1.04 bits per heavy atom. The zero-order chi connectivity index (χ0) is 18.2. The predicted octanol–water partition coefficient (Wildman–Crippen LogP) is 3.10. The Morgan fingerprint density at radius 3 is 2.62 bits per heavy atom. The van der Waals surface area contributed by atoms with Crippen molar-refractivity contribution >= 4 is 0 Å². The maximum atomic E-state index is 5.82. The fraction of sp³-hybridized carbons (Fsp3) is 0.391. The predicted molar refractivity (Wildman–Crippen MR) is 107 cm³/mol. The summed E-state index contributed by atoms with van der Waals surface area (Å²) in [5.41, 5.74) is 3.46. The lowest BCUT2D eigenvalue weighted by atomic mass is 10.1. The number of hydrogen-bond donors (Lipinski definition) is 0. The molecule has 1 saturated heterocycles. The highest BCUT2D eigenvalue weighted by molar-refractivity contribution is 5.46. The van der Waals surface area contributed by atoms with E-state index in [9.17, 15) is 0 Å². The second-order valence-corrected chi connectivity index (χ2v) is 7.21. The first-order chi connectivity index (χ1) is 12.7. The summed E-state index contributed by atoms with van der Waals surface area (Å²) in [6.45, 7) is 5.69. The van der Waals surface area contributed by atoms with E-state index in [-0.39, 0.29) is 0 Å². The van der Waals surface area contributed by atoms with Gasteiger partial charge in [0.2, 0.25) is 0 Å². The van der Waals surface area contributed by atoms with Gasteiger partial charge in [0, 0.05) is 43.2 Å². The van der Waals surface area contributed by atoms with E-state index in [1.807, 2.05) is 30.3 Å². The normalized spacial score (nSPS) is 18.2. The van der Waals surface area contributed by atoms with Gasteiger partial charge in [-0.1, -0.05) is 48.2 Å². The second-order valence-electron chi connectivity index (χ2n) is 7.21. The summed E-state index contributed by atoms with van der Waals surface area (Å²) in [4.78, 5) is 4.75. The van der Waals surface area contributed by atoms with Gasteiger partial charge >= 0.3 is 0 Å². The molecule has 3 rings (SSSR count). The van der Waals surface area contributed by atoms with Crippen molar-refractivity contribution in [3.05, 3.63) is 71.3 Å². The summed E-state index contributed by atoms with van der Waals surface area (Å²) in [5, 5.41) is 0. The number of benzene rings is 2. The van der Waals surface area contributed by atoms with Gasteiger partial charge in [-0.2, -0.15) is 0 Å². The standard InChI is InChI=1S/C23H28N2O/c1-24(2)16-21-17-25(14-15-26-19-21)18-23-11-7-6-10-22(23)13-12-20-8-4-3-5-9-20/h3-11,21H,14-19H2,1-2H3/t21-/m1/s1. The molecule has 0 aromatic heterocycles. The summed E-state index contributed by atoms with van der Waals surface area (Å²) < 4.78 is 5.82. The van der Waals surface area contributed by atoms with Crippen LogP contribution in [0.1, 0.15) is 16.7 Å². The number of ether oxygens (including phenoxy) is 1. The van der Waals surface area contributed by atoms with Crippen LogP contribution in [0.25, 0.3) is 0 Å². The van der Waals surface area contributed by atoms with Crippen molar-refractivity contribution in [3.63, 3.8) is 0 Å². The lowest BCUT2D eigenvalue weighted by Crippen LogP contribution is -2.34. The Morgan fingerprint density at radius 2 is 1.81 bits per heavy atom. The minimum absolute atomic E-state index is 0.551. The third kappa shape index (κ3) is 5.71. The molecule has 2 aromatic carbocycles. The van der Waals surface area contributed by atoms with Crippen molar-refractivity contribution < 1.29 is 4.74 Å². The van der Waals surface area contributed by atoms with Gasteiger partial charge in [-0.05, 0) is 37.9 Å². The summed E-state index contributed by atoms with van der Waals surface area (Å²) in [6, 6.07) is 18.7. The topological polar surface area (TPSA) is 15.7 Å². The van der Waals surface area contributed by atoms with Gasteiger partial charge in [-0.15, -0.1) is 0 Å². The highest BCUT2D eigenvalue weighted by atomic mass is 16.5. The van der Waals surface area contributed by atoms with Crippen LogP contribution in [-0.2, 0) is 11.3 Å². The average molecular weight is 348 g/mol. The molecule has 1 heterocycles. The van der Waals surface area contributed by atoms with E-state index in [1.54, 1.807) is 0 Å². The van der Waals surface area contributed by atoms with Crippen molar-refractivity contribution in [1.82, 2.24) is 9.80 Å². The number of hydrogen-bond acceptors (Lipinski definition) is 3. The maximum Gasteiger partial charge on any atom is 0.0593 e. The molecule has 1 fully saturated rings. The molecule has 0 N–H and O–H groups in total. The van der Waals surface area contributed by atoms with Crippen molar-refractivity contribution in [3.8, 4) is 11.8 Å². The molecule has 0 radical (unpaired) electrons. The molecule has 1 aliphatic heterocycles. The molecule has 3 nitrogen and oxygen atoms in total. The summed E-state index contributed by atoms with van der Waals surface area (Å²) >= 11 is 0. The molecule has 0 amide bonds. The van der Waals surface area contributed by atoms with E-state index in [4.69, 9.17) is 4.74 Å². The van der Waals surface area contributed by atoms with Crippen molar-refractivity contribution in [2.45, 2.75) is 6.54 Å². The van der Waals surface area contributed by atoms with Crippen LogP contribution in [0.15, 0.2) is 54.6 Å². The fourth-order valence-corrected chi connectivity index (χ4v) is 3.41. The van der Waals surface area contributed by atoms with Gasteiger partial charge in [0.1, 0.15) is 0 Å². The average Bonchev–Trinajstić information content (AvgIpc) is 2.86. The van der Waals surface area contributed by atoms with Crippen molar-refractivity contribution in [2.24, 2.45) is 5.92 Å². The minimum Gasteiger partial charge on any atom is -0.380 e. The first-order valence-electron chi connectivity index (χ1n) is 9.30. The Balaban J connectivity index is 1.72. The van der Waals surface area contributed by atoms with E-state index in [1.165, 1.54) is 5.56 Å². The zero-order valence-electron chi connectivity index (χ0n) is 15.8. The van der Waals surface area contributed by atoms with Crippen LogP contribution < -0.4 is 0 Å². The number of nitrogens with zero attached hydrogens (tertiary/aromatic N) is 2. The third-order valence-electron chi connectivity index (χ3n) is 4.57. The van der Waals surface area contributed by atoms with E-state index in [2.05, 4.69) is 60.0 Å². The molecule has 1 atom stereocenters. The Hall–Kier alpha value is -2.12. The molecule has 0 unspecified atom stereocenters. The molecule has 26 heavy (non-hydrogen) atoms. The monoisotopic (exact) mass is 348 g/mol. The highest BCUT2D eigenvalue weighted by Gasteiger charge is 2.19. The number of rotatable bonds is 4. The van der Waals surface area contributed by atoms with E-state index in [0.29, 0.717) is 5.92 Å². The molecule has 0 aliphatic carbocycles. The van der Waals surface area contributed by atoms with E-state index in [0.717, 1.165) is 50.5 Å². The van der Waals surface area contributed by atoms with Gasteiger partial charge in [0.25, 0.3) is 0 Å². The SMILES string of the molecule is CN(C)C[C@H]1COCCN(Cc2ccccc2C#Cc2ccccc2)C1. The maximum absolute atomic E-state index is 5.82. The van der Waals surface area contributed by atoms with Gasteiger partial charge in [0.15, 0.2) is 0 Å². The van der Waals surface area contributed by atoms with Crippen LogP contribution in [0.3, 0.4) is 0 Å². The van der Waals surface area contributed by atoms with Crippen molar-refractivity contribution in [1.29, 1.82) is 0 Å². The molecular weight excluding hydrogens is 320 g/mol. The highest BCUT2D eigenvalue weighted by Crippen LogP contribution is 2.15. The van der Waals surface area contributed by atoms with Gasteiger partial charge in [0.05, 0.1) is 13.2 Å². The van der Waals surface area contributed by atoms with Crippen LogP contribution in [-0.4, -0.2) is 56.7 Å². The minimum atomic E-state index is 0.551. The zero-order valence-corrected chi connectivity index (χ0v) is 15.8. The molecular formula is C23H28N2O. The molecule has 1 aliphatic rings. The van der Waals surface area contributed by atoms with Crippen LogP contribution in [0.2, 0.25) is 0 Å². The second kappa shape index (κ2) is 9.54. The van der Waals surface area contributed by atoms with Crippen molar-refractivity contribution in [2.75, 3.05) is 46.9 Å². The Kier molecular flexibility index (Phi) is 6.85. The van der Waals surface area contributed by atoms with E-state index >= 15 is 0 Å². The summed E-state index contributed by atoms with van der Waals surface area (Å²) in [7, 11) is 4.26. The molecule has 2 aromatic rings. The largest absolute Gasteiger partial charge is 0.380 e. The molecule has 3 heteroatoms. The molecule has 136 valence electrons. The smallest absolute Gasteiger partial charge is 0.0593 e. The van der Waals surface area contributed by atoms with Gasteiger partial charge in [-0.25, -0.2) is 0 Å².